The van der Waals surface area contributed by atoms with E-state index in [1.807, 2.05) is 25.4 Å². The van der Waals surface area contributed by atoms with Crippen LogP contribution in [0.4, 0.5) is 5.69 Å². The predicted molar refractivity (Wildman–Crippen MR) is 68.5 cm³/mol. The van der Waals surface area contributed by atoms with Crippen molar-refractivity contribution in [1.82, 2.24) is 15.3 Å². The Kier molecular flexibility index (Phi) is 3.35. The summed E-state index contributed by atoms with van der Waals surface area (Å²) in [7, 11) is 1.91. The average molecular weight is 228 g/mol. The Labute approximate surface area is 101 Å². The van der Waals surface area contributed by atoms with E-state index in [1.54, 1.807) is 18.6 Å². The number of aromatic nitrogens is 2. The molecule has 2 aromatic heterocycles. The number of pyridine rings is 2. The first kappa shape index (κ1) is 11.5. The van der Waals surface area contributed by atoms with Gasteiger partial charge in [-0.25, -0.2) is 0 Å². The molecule has 0 fully saturated rings. The Morgan fingerprint density at radius 2 is 1.76 bits per heavy atom. The normalized spacial score (nSPS) is 12.4. The highest BCUT2D eigenvalue weighted by Gasteiger charge is 2.16. The number of hydrogen-bond donors (Lipinski definition) is 2. The molecule has 0 saturated carbocycles. The van der Waals surface area contributed by atoms with Crippen LogP contribution in [0.25, 0.3) is 0 Å². The second-order valence-corrected chi connectivity index (χ2v) is 3.96. The van der Waals surface area contributed by atoms with Crippen molar-refractivity contribution in [2.45, 2.75) is 13.0 Å². The first-order chi connectivity index (χ1) is 8.24. The summed E-state index contributed by atoms with van der Waals surface area (Å²) in [4.78, 5) is 8.30. The van der Waals surface area contributed by atoms with Gasteiger partial charge in [-0.05, 0) is 37.2 Å². The SMILES string of the molecule is CNC(c1cnccc1C)c1cnccc1N. The van der Waals surface area contributed by atoms with Crippen LogP contribution in [0.1, 0.15) is 22.7 Å². The molecule has 17 heavy (non-hydrogen) atoms. The van der Waals surface area contributed by atoms with Crippen LogP contribution in [-0.4, -0.2) is 17.0 Å². The summed E-state index contributed by atoms with van der Waals surface area (Å²) < 4.78 is 0. The topological polar surface area (TPSA) is 63.8 Å². The number of nitrogens with zero attached hydrogens (tertiary/aromatic N) is 2. The largest absolute Gasteiger partial charge is 0.398 e. The molecule has 0 aliphatic carbocycles. The van der Waals surface area contributed by atoms with E-state index < -0.39 is 0 Å². The smallest absolute Gasteiger partial charge is 0.0628 e. The summed E-state index contributed by atoms with van der Waals surface area (Å²) in [5, 5.41) is 3.26. The molecule has 88 valence electrons. The first-order valence-electron chi connectivity index (χ1n) is 5.51. The van der Waals surface area contributed by atoms with Gasteiger partial charge in [-0.1, -0.05) is 0 Å². The Morgan fingerprint density at radius 1 is 1.12 bits per heavy atom. The summed E-state index contributed by atoms with van der Waals surface area (Å²) in [6.07, 6.45) is 7.14. The molecule has 0 radical (unpaired) electrons. The van der Waals surface area contributed by atoms with E-state index in [9.17, 15) is 0 Å². The third-order valence-corrected chi connectivity index (χ3v) is 2.88. The van der Waals surface area contributed by atoms with Crippen molar-refractivity contribution in [1.29, 1.82) is 0 Å². The number of anilines is 1. The lowest BCUT2D eigenvalue weighted by Gasteiger charge is -2.19. The van der Waals surface area contributed by atoms with Gasteiger partial charge < -0.3 is 11.1 Å². The highest BCUT2D eigenvalue weighted by atomic mass is 14.9. The minimum atomic E-state index is 0.0254. The highest BCUT2D eigenvalue weighted by Crippen LogP contribution is 2.26. The summed E-state index contributed by atoms with van der Waals surface area (Å²) >= 11 is 0. The molecule has 4 heteroatoms. The zero-order valence-corrected chi connectivity index (χ0v) is 10.0. The summed E-state index contributed by atoms with van der Waals surface area (Å²) in [5.74, 6) is 0. The van der Waals surface area contributed by atoms with Crippen molar-refractivity contribution in [3.05, 3.63) is 53.6 Å². The number of nitrogen functional groups attached to an aromatic ring is 1. The van der Waals surface area contributed by atoms with E-state index in [0.29, 0.717) is 0 Å². The second kappa shape index (κ2) is 4.93. The Morgan fingerprint density at radius 3 is 2.35 bits per heavy atom. The molecule has 0 aliphatic heterocycles. The fourth-order valence-corrected chi connectivity index (χ4v) is 1.92. The second-order valence-electron chi connectivity index (χ2n) is 3.96. The van der Waals surface area contributed by atoms with Crippen molar-refractivity contribution in [2.75, 3.05) is 12.8 Å². The molecule has 1 unspecified atom stereocenters. The third kappa shape index (κ3) is 2.26. The van der Waals surface area contributed by atoms with Gasteiger partial charge in [0.05, 0.1) is 6.04 Å². The van der Waals surface area contributed by atoms with Gasteiger partial charge in [-0.3, -0.25) is 9.97 Å². The van der Waals surface area contributed by atoms with Crippen LogP contribution >= 0.6 is 0 Å². The molecule has 2 rings (SSSR count). The maximum atomic E-state index is 5.98. The van der Waals surface area contributed by atoms with E-state index in [2.05, 4.69) is 22.2 Å². The molecule has 4 nitrogen and oxygen atoms in total. The fraction of sp³-hybridized carbons (Fsp3) is 0.231. The molecule has 2 aromatic rings. The lowest BCUT2D eigenvalue weighted by molar-refractivity contribution is 0.683. The van der Waals surface area contributed by atoms with Crippen LogP contribution in [0.15, 0.2) is 36.9 Å². The third-order valence-electron chi connectivity index (χ3n) is 2.88. The zero-order valence-electron chi connectivity index (χ0n) is 10.0. The number of rotatable bonds is 3. The summed E-state index contributed by atoms with van der Waals surface area (Å²) in [6, 6.07) is 3.83. The first-order valence-corrected chi connectivity index (χ1v) is 5.51. The van der Waals surface area contributed by atoms with Crippen molar-refractivity contribution in [3.63, 3.8) is 0 Å². The van der Waals surface area contributed by atoms with Gasteiger partial charge in [-0.15, -0.1) is 0 Å². The molecule has 0 bridgehead atoms. The highest BCUT2D eigenvalue weighted by molar-refractivity contribution is 5.50. The Balaban J connectivity index is 2.48. The zero-order chi connectivity index (χ0) is 12.3. The minimum Gasteiger partial charge on any atom is -0.398 e. The van der Waals surface area contributed by atoms with Gasteiger partial charge in [0.2, 0.25) is 0 Å². The molecule has 0 aliphatic rings. The van der Waals surface area contributed by atoms with Crippen LogP contribution in [0.3, 0.4) is 0 Å². The molecule has 0 saturated heterocycles. The molecule has 0 spiro atoms. The van der Waals surface area contributed by atoms with Crippen molar-refractivity contribution in [2.24, 2.45) is 0 Å². The van der Waals surface area contributed by atoms with Crippen LogP contribution in [0.5, 0.6) is 0 Å². The van der Waals surface area contributed by atoms with Crippen LogP contribution in [0.2, 0.25) is 0 Å². The standard InChI is InChI=1S/C13H16N4/c1-9-3-5-16-7-10(9)13(15-2)11-8-17-6-4-12(11)14/h3-8,13,15H,1-2H3,(H2,14,17). The molecular formula is C13H16N4. The van der Waals surface area contributed by atoms with Gasteiger partial charge in [0.1, 0.15) is 0 Å². The van der Waals surface area contributed by atoms with Gasteiger partial charge >= 0.3 is 0 Å². The van der Waals surface area contributed by atoms with E-state index in [1.165, 1.54) is 5.56 Å². The maximum Gasteiger partial charge on any atom is 0.0628 e. The molecule has 0 aromatic carbocycles. The van der Waals surface area contributed by atoms with Crippen molar-refractivity contribution in [3.8, 4) is 0 Å². The fourth-order valence-electron chi connectivity index (χ4n) is 1.92. The molecule has 0 amide bonds. The number of hydrogen-bond acceptors (Lipinski definition) is 4. The monoisotopic (exact) mass is 228 g/mol. The lowest BCUT2D eigenvalue weighted by Crippen LogP contribution is -2.20. The predicted octanol–water partition coefficient (Wildman–Crippen LogP) is 1.68. The van der Waals surface area contributed by atoms with Gasteiger partial charge in [-0.2, -0.15) is 0 Å². The summed E-state index contributed by atoms with van der Waals surface area (Å²) in [5.41, 5.74) is 10.0. The van der Waals surface area contributed by atoms with Crippen LogP contribution in [0, 0.1) is 6.92 Å². The minimum absolute atomic E-state index is 0.0254. The average Bonchev–Trinajstić information content (AvgIpc) is 2.34. The van der Waals surface area contributed by atoms with Crippen LogP contribution < -0.4 is 11.1 Å². The molecule has 1 atom stereocenters. The number of nitrogens with one attached hydrogen (secondary N) is 1. The van der Waals surface area contributed by atoms with Crippen molar-refractivity contribution < 1.29 is 0 Å². The van der Waals surface area contributed by atoms with Crippen LogP contribution in [-0.2, 0) is 0 Å². The van der Waals surface area contributed by atoms with Gasteiger partial charge in [0.25, 0.3) is 0 Å². The molecule has 2 heterocycles. The molecule has 3 N–H and O–H groups in total. The van der Waals surface area contributed by atoms with Gasteiger partial charge in [0.15, 0.2) is 0 Å². The van der Waals surface area contributed by atoms with Crippen molar-refractivity contribution >= 4 is 5.69 Å². The van der Waals surface area contributed by atoms with E-state index in [0.717, 1.165) is 16.8 Å². The Hall–Kier alpha value is -1.94. The molecular weight excluding hydrogens is 212 g/mol. The quantitative estimate of drug-likeness (QED) is 0.839. The lowest BCUT2D eigenvalue weighted by atomic mass is 9.97. The van der Waals surface area contributed by atoms with E-state index in [-0.39, 0.29) is 6.04 Å². The number of nitrogens with two attached hydrogens (primary N) is 1. The maximum absolute atomic E-state index is 5.98. The summed E-state index contributed by atoms with van der Waals surface area (Å²) in [6.45, 7) is 2.06. The van der Waals surface area contributed by atoms with Gasteiger partial charge in [0, 0.05) is 36.0 Å². The van der Waals surface area contributed by atoms with E-state index in [4.69, 9.17) is 5.73 Å². The Bertz CT molecular complexity index is 465. The number of aryl methyl sites for hydroxylation is 1. The van der Waals surface area contributed by atoms with E-state index >= 15 is 0 Å².